The van der Waals surface area contributed by atoms with Gasteiger partial charge in [-0.05, 0) is 13.0 Å². The fraction of sp³-hybridized carbons (Fsp3) is 0.312. The predicted molar refractivity (Wildman–Crippen MR) is 96.9 cm³/mol. The van der Waals surface area contributed by atoms with Crippen LogP contribution < -0.4 is 16.4 Å². The Morgan fingerprint density at radius 1 is 1.32 bits per heavy atom. The van der Waals surface area contributed by atoms with Crippen LogP contribution in [0.3, 0.4) is 0 Å². The number of carbonyl (C=O) groups excluding carboxylic acids is 1. The monoisotopic (exact) mass is 381 g/mol. The second kappa shape index (κ2) is 6.76. The van der Waals surface area contributed by atoms with Gasteiger partial charge in [-0.1, -0.05) is 35.3 Å². The Hall–Kier alpha value is -1.93. The fourth-order valence-corrected chi connectivity index (χ4v) is 3.27. The van der Waals surface area contributed by atoms with Gasteiger partial charge in [0, 0.05) is 30.3 Å². The molecule has 7 nitrogen and oxygen atoms in total. The minimum absolute atomic E-state index is 0.0432. The highest BCUT2D eigenvalue weighted by Gasteiger charge is 2.31. The van der Waals surface area contributed by atoms with Crippen molar-refractivity contribution in [3.05, 3.63) is 39.6 Å². The number of aliphatic hydroxyl groups excluding tert-OH is 1. The molecule has 1 fully saturated rings. The topological polar surface area (TPSA) is 118 Å². The number of primary amides is 1. The molecule has 0 unspecified atom stereocenters. The maximum atomic E-state index is 12.0. The Balaban J connectivity index is 2.15. The normalized spacial score (nSPS) is 20.1. The molecule has 132 valence electrons. The molecule has 25 heavy (non-hydrogen) atoms. The van der Waals surface area contributed by atoms with Gasteiger partial charge < -0.3 is 21.5 Å². The van der Waals surface area contributed by atoms with Crippen molar-refractivity contribution in [1.82, 2.24) is 9.97 Å². The number of nitrogens with zero attached hydrogens (tertiary/aromatic N) is 3. The smallest absolute Gasteiger partial charge is 0.268 e. The van der Waals surface area contributed by atoms with Crippen LogP contribution in [-0.4, -0.2) is 46.2 Å². The molecule has 9 heteroatoms. The van der Waals surface area contributed by atoms with Crippen LogP contribution in [-0.2, 0) is 0 Å². The highest BCUT2D eigenvalue weighted by atomic mass is 35.5. The van der Waals surface area contributed by atoms with Gasteiger partial charge in [-0.2, -0.15) is 0 Å². The second-order valence-electron chi connectivity index (χ2n) is 5.93. The van der Waals surface area contributed by atoms with E-state index in [1.54, 1.807) is 30.0 Å². The summed E-state index contributed by atoms with van der Waals surface area (Å²) >= 11 is 12.4. The van der Waals surface area contributed by atoms with Gasteiger partial charge in [-0.25, -0.2) is 9.97 Å². The first-order chi connectivity index (χ1) is 11.8. The van der Waals surface area contributed by atoms with E-state index in [9.17, 15) is 9.90 Å². The molecular formula is C16H17Cl2N5O2. The van der Waals surface area contributed by atoms with E-state index >= 15 is 0 Å². The van der Waals surface area contributed by atoms with Crippen molar-refractivity contribution < 1.29 is 9.90 Å². The highest BCUT2D eigenvalue weighted by molar-refractivity contribution is 6.43. The number of halogens is 2. The number of rotatable bonds is 3. The number of nitrogens with two attached hydrogens (primary N) is 2. The largest absolute Gasteiger partial charge is 0.390 e. The molecule has 5 N–H and O–H groups in total. The molecule has 1 aromatic heterocycles. The minimum Gasteiger partial charge on any atom is -0.390 e. The minimum atomic E-state index is -0.707. The average Bonchev–Trinajstić information content (AvgIpc) is 2.89. The molecule has 1 amide bonds. The van der Waals surface area contributed by atoms with E-state index in [1.807, 2.05) is 0 Å². The van der Waals surface area contributed by atoms with Crippen molar-refractivity contribution in [2.45, 2.75) is 19.1 Å². The van der Waals surface area contributed by atoms with Crippen LogP contribution in [0.1, 0.15) is 16.2 Å². The zero-order valence-corrected chi connectivity index (χ0v) is 14.9. The van der Waals surface area contributed by atoms with Crippen LogP contribution in [0.4, 0.5) is 5.95 Å². The van der Waals surface area contributed by atoms with E-state index in [4.69, 9.17) is 34.7 Å². The molecule has 1 aliphatic heterocycles. The van der Waals surface area contributed by atoms with Gasteiger partial charge in [0.15, 0.2) is 0 Å². The standard InChI is InChI=1S/C16H17Cl2N5O2/c1-7-12(8-3-2-4-9(17)13(8)18)14(15(20)25)22-16(21-7)23-5-10(19)11(24)6-23/h2-4,10-11,24H,5-6,19H2,1H3,(H2,20,25)/t10-,11+/m1/s1. The first-order valence-corrected chi connectivity index (χ1v) is 8.36. The molecule has 1 saturated heterocycles. The second-order valence-corrected chi connectivity index (χ2v) is 6.72. The Morgan fingerprint density at radius 3 is 2.64 bits per heavy atom. The Morgan fingerprint density at radius 2 is 2.04 bits per heavy atom. The Bertz CT molecular complexity index is 836. The zero-order valence-electron chi connectivity index (χ0n) is 13.4. The van der Waals surface area contributed by atoms with Crippen molar-refractivity contribution in [1.29, 1.82) is 0 Å². The first kappa shape index (κ1) is 17.9. The van der Waals surface area contributed by atoms with E-state index in [1.165, 1.54) is 0 Å². The number of amides is 1. The number of aliphatic hydroxyl groups is 1. The third kappa shape index (κ3) is 3.28. The molecule has 0 radical (unpaired) electrons. The van der Waals surface area contributed by atoms with Crippen LogP contribution in [0.2, 0.25) is 10.0 Å². The predicted octanol–water partition coefficient (Wildman–Crippen LogP) is 1.37. The Kier molecular flexibility index (Phi) is 4.83. The van der Waals surface area contributed by atoms with Gasteiger partial charge >= 0.3 is 0 Å². The number of aromatic nitrogens is 2. The molecule has 0 bridgehead atoms. The van der Waals surface area contributed by atoms with E-state index in [-0.39, 0.29) is 12.2 Å². The summed E-state index contributed by atoms with van der Waals surface area (Å²) < 4.78 is 0. The van der Waals surface area contributed by atoms with Crippen molar-refractivity contribution >= 4 is 35.1 Å². The van der Waals surface area contributed by atoms with Gasteiger partial charge in [0.1, 0.15) is 5.69 Å². The van der Waals surface area contributed by atoms with E-state index < -0.39 is 18.1 Å². The van der Waals surface area contributed by atoms with Crippen molar-refractivity contribution in [3.63, 3.8) is 0 Å². The molecule has 1 aromatic carbocycles. The summed E-state index contributed by atoms with van der Waals surface area (Å²) in [5, 5.41) is 10.5. The number of aryl methyl sites for hydroxylation is 1. The van der Waals surface area contributed by atoms with Crippen LogP contribution >= 0.6 is 23.2 Å². The molecule has 0 aliphatic carbocycles. The molecule has 0 saturated carbocycles. The first-order valence-electron chi connectivity index (χ1n) is 7.61. The molecule has 2 heterocycles. The van der Waals surface area contributed by atoms with E-state index in [0.29, 0.717) is 39.4 Å². The van der Waals surface area contributed by atoms with Gasteiger partial charge in [0.05, 0.1) is 21.8 Å². The maximum absolute atomic E-state index is 12.0. The lowest BCUT2D eigenvalue weighted by atomic mass is 10.0. The van der Waals surface area contributed by atoms with E-state index in [0.717, 1.165) is 0 Å². The summed E-state index contributed by atoms with van der Waals surface area (Å²) in [5.41, 5.74) is 12.9. The van der Waals surface area contributed by atoms with Gasteiger partial charge in [0.2, 0.25) is 5.95 Å². The Labute approximate surface area is 154 Å². The van der Waals surface area contributed by atoms with Crippen LogP contribution in [0.15, 0.2) is 18.2 Å². The third-order valence-electron chi connectivity index (χ3n) is 4.15. The summed E-state index contributed by atoms with van der Waals surface area (Å²) in [5.74, 6) is -0.415. The van der Waals surface area contributed by atoms with Crippen molar-refractivity contribution in [2.75, 3.05) is 18.0 Å². The molecular weight excluding hydrogens is 365 g/mol. The highest BCUT2D eigenvalue weighted by Crippen LogP contribution is 2.36. The molecule has 2 aromatic rings. The summed E-state index contributed by atoms with van der Waals surface area (Å²) in [6.07, 6.45) is -0.678. The summed E-state index contributed by atoms with van der Waals surface area (Å²) in [6, 6.07) is 4.69. The molecule has 1 aliphatic rings. The zero-order chi connectivity index (χ0) is 18.3. The number of benzene rings is 1. The fourth-order valence-electron chi connectivity index (χ4n) is 2.87. The molecule has 3 rings (SSSR count). The number of carbonyl (C=O) groups is 1. The summed E-state index contributed by atoms with van der Waals surface area (Å²) in [7, 11) is 0. The number of anilines is 1. The molecule has 0 spiro atoms. The van der Waals surface area contributed by atoms with Gasteiger partial charge in [-0.3, -0.25) is 4.79 Å². The summed E-state index contributed by atoms with van der Waals surface area (Å²) in [4.78, 5) is 22.5. The lowest BCUT2D eigenvalue weighted by Crippen LogP contribution is -2.32. The quantitative estimate of drug-likeness (QED) is 0.738. The van der Waals surface area contributed by atoms with E-state index in [2.05, 4.69) is 9.97 Å². The van der Waals surface area contributed by atoms with Crippen LogP contribution in [0, 0.1) is 6.92 Å². The van der Waals surface area contributed by atoms with Crippen molar-refractivity contribution in [2.24, 2.45) is 11.5 Å². The van der Waals surface area contributed by atoms with Gasteiger partial charge in [0.25, 0.3) is 5.91 Å². The number of hydrogen-bond donors (Lipinski definition) is 3. The summed E-state index contributed by atoms with van der Waals surface area (Å²) in [6.45, 7) is 2.41. The average molecular weight is 382 g/mol. The van der Waals surface area contributed by atoms with Crippen molar-refractivity contribution in [3.8, 4) is 11.1 Å². The SMILES string of the molecule is Cc1nc(N2C[C@@H](N)[C@@H](O)C2)nc(C(N)=O)c1-c1cccc(Cl)c1Cl. The van der Waals surface area contributed by atoms with Crippen LogP contribution in [0.5, 0.6) is 0 Å². The van der Waals surface area contributed by atoms with Gasteiger partial charge in [-0.15, -0.1) is 0 Å². The number of hydrogen-bond acceptors (Lipinski definition) is 6. The lowest BCUT2D eigenvalue weighted by molar-refractivity contribution is 0.0996. The number of β-amino-alcohol motifs (C(OH)–C–C–N with tert-alkyl or cyclic N) is 1. The third-order valence-corrected chi connectivity index (χ3v) is 4.97. The van der Waals surface area contributed by atoms with Crippen LogP contribution in [0.25, 0.3) is 11.1 Å². The molecule has 2 atom stereocenters. The lowest BCUT2D eigenvalue weighted by Gasteiger charge is -2.19. The maximum Gasteiger partial charge on any atom is 0.268 e.